The molecule has 0 radical (unpaired) electrons. The van der Waals surface area contributed by atoms with Crippen LogP contribution in [0.2, 0.25) is 0 Å². The Labute approximate surface area is 122 Å². The zero-order chi connectivity index (χ0) is 15.1. The van der Waals surface area contributed by atoms with Crippen LogP contribution in [-0.2, 0) is 6.42 Å². The van der Waals surface area contributed by atoms with Gasteiger partial charge in [0.2, 0.25) is 0 Å². The first-order valence-corrected chi connectivity index (χ1v) is 7.22. The van der Waals surface area contributed by atoms with Gasteiger partial charge in [-0.1, -0.05) is 13.8 Å². The van der Waals surface area contributed by atoms with Crippen LogP contribution in [0.1, 0.15) is 45.4 Å². The van der Waals surface area contributed by atoms with Gasteiger partial charge in [-0.25, -0.2) is 4.98 Å². The monoisotopic (exact) mass is 275 g/mol. The van der Waals surface area contributed by atoms with Gasteiger partial charge in [0, 0.05) is 31.7 Å². The molecule has 0 spiro atoms. The summed E-state index contributed by atoms with van der Waals surface area (Å²) in [5.74, 6) is 0.886. The minimum atomic E-state index is 0.535. The Balaban J connectivity index is 0.000000367. The highest BCUT2D eigenvalue weighted by Crippen LogP contribution is 1.97. The molecule has 1 N–H and O–H groups in total. The van der Waals surface area contributed by atoms with Crippen LogP contribution in [0.5, 0.6) is 0 Å². The van der Waals surface area contributed by atoms with E-state index in [0.29, 0.717) is 12.8 Å². The van der Waals surface area contributed by atoms with Crippen molar-refractivity contribution < 1.29 is 0 Å². The smallest absolute Gasteiger partial charge is 0.107 e. The van der Waals surface area contributed by atoms with Crippen LogP contribution in [0, 0.1) is 22.7 Å². The van der Waals surface area contributed by atoms with E-state index in [1.54, 1.807) is 12.4 Å². The van der Waals surface area contributed by atoms with Gasteiger partial charge in [-0.2, -0.15) is 10.5 Å². The Morgan fingerprint density at radius 3 is 2.35 bits per heavy atom. The highest BCUT2D eigenvalue weighted by atomic mass is 15.1. The van der Waals surface area contributed by atoms with E-state index in [-0.39, 0.29) is 0 Å². The zero-order valence-corrected chi connectivity index (χ0v) is 12.6. The summed E-state index contributed by atoms with van der Waals surface area (Å²) >= 11 is 0. The van der Waals surface area contributed by atoms with Gasteiger partial charge in [-0.05, 0) is 32.5 Å². The number of imidazole rings is 1. The van der Waals surface area contributed by atoms with E-state index in [9.17, 15) is 0 Å². The van der Waals surface area contributed by atoms with E-state index in [1.165, 1.54) is 0 Å². The number of nitriles is 2. The third kappa shape index (κ3) is 10.1. The Kier molecular flexibility index (Phi) is 12.3. The average Bonchev–Trinajstić information content (AvgIpc) is 2.99. The standard InChI is InChI=1S/C9H18N2.C6H7N3/c1-3-11(4-2)9-7-5-6-8-10;7-3-1-2-6-8-4-5-9-6/h3-7,9H2,1-2H3;4-5H,1-2H2,(H,8,9). The molecular weight excluding hydrogens is 250 g/mol. The van der Waals surface area contributed by atoms with Crippen molar-refractivity contribution in [2.75, 3.05) is 19.6 Å². The Morgan fingerprint density at radius 2 is 1.85 bits per heavy atom. The van der Waals surface area contributed by atoms with Crippen LogP contribution in [0.25, 0.3) is 0 Å². The normalized spacial score (nSPS) is 9.45. The summed E-state index contributed by atoms with van der Waals surface area (Å²) in [4.78, 5) is 9.24. The second-order valence-corrected chi connectivity index (χ2v) is 4.34. The number of aromatic amines is 1. The van der Waals surface area contributed by atoms with Crippen molar-refractivity contribution in [3.05, 3.63) is 18.2 Å². The van der Waals surface area contributed by atoms with Crippen molar-refractivity contribution in [2.24, 2.45) is 0 Å². The Bertz CT molecular complexity index is 381. The molecule has 0 atom stereocenters. The van der Waals surface area contributed by atoms with Gasteiger partial charge in [0.25, 0.3) is 0 Å². The number of aryl methyl sites for hydroxylation is 1. The van der Waals surface area contributed by atoms with Crippen LogP contribution in [0.4, 0.5) is 0 Å². The molecule has 0 aliphatic heterocycles. The van der Waals surface area contributed by atoms with Crippen LogP contribution in [-0.4, -0.2) is 34.5 Å². The molecule has 5 heteroatoms. The summed E-state index contributed by atoms with van der Waals surface area (Å²) in [5, 5.41) is 16.5. The third-order valence-corrected chi connectivity index (χ3v) is 2.94. The summed E-state index contributed by atoms with van der Waals surface area (Å²) in [5.41, 5.74) is 0. The summed E-state index contributed by atoms with van der Waals surface area (Å²) in [6, 6.07) is 4.20. The van der Waals surface area contributed by atoms with E-state index < -0.39 is 0 Å². The molecule has 20 heavy (non-hydrogen) atoms. The minimum absolute atomic E-state index is 0.535. The van der Waals surface area contributed by atoms with E-state index >= 15 is 0 Å². The second-order valence-electron chi connectivity index (χ2n) is 4.34. The van der Waals surface area contributed by atoms with Crippen molar-refractivity contribution in [2.45, 2.75) is 46.0 Å². The summed E-state index contributed by atoms with van der Waals surface area (Å²) < 4.78 is 0. The molecule has 110 valence electrons. The molecule has 0 saturated heterocycles. The average molecular weight is 275 g/mol. The number of nitrogens with zero attached hydrogens (tertiary/aromatic N) is 4. The maximum absolute atomic E-state index is 8.28. The molecule has 0 bridgehead atoms. The van der Waals surface area contributed by atoms with Crippen molar-refractivity contribution in [3.63, 3.8) is 0 Å². The summed E-state index contributed by atoms with van der Waals surface area (Å²) in [6.07, 6.45) is 7.62. The maximum atomic E-state index is 8.28. The molecule has 0 unspecified atom stereocenters. The molecule has 0 aliphatic rings. The van der Waals surface area contributed by atoms with E-state index in [2.05, 4.69) is 34.8 Å². The fourth-order valence-corrected chi connectivity index (χ4v) is 1.69. The number of rotatable bonds is 8. The highest BCUT2D eigenvalue weighted by Gasteiger charge is 1.96. The van der Waals surface area contributed by atoms with Gasteiger partial charge in [-0.3, -0.25) is 0 Å². The molecule has 0 amide bonds. The molecular formula is C15H25N5. The third-order valence-electron chi connectivity index (χ3n) is 2.94. The predicted octanol–water partition coefficient (Wildman–Crippen LogP) is 2.89. The number of nitrogens with one attached hydrogen (secondary N) is 1. The minimum Gasteiger partial charge on any atom is -0.349 e. The van der Waals surface area contributed by atoms with Gasteiger partial charge in [0.1, 0.15) is 5.82 Å². The lowest BCUT2D eigenvalue weighted by Crippen LogP contribution is -2.23. The largest absolute Gasteiger partial charge is 0.349 e. The van der Waals surface area contributed by atoms with Gasteiger partial charge < -0.3 is 9.88 Å². The zero-order valence-electron chi connectivity index (χ0n) is 12.6. The molecule has 0 aromatic carbocycles. The first kappa shape index (κ1) is 18.1. The molecule has 1 heterocycles. The van der Waals surface area contributed by atoms with E-state index in [0.717, 1.165) is 44.7 Å². The lowest BCUT2D eigenvalue weighted by Gasteiger charge is -2.16. The SMILES string of the molecule is CCN(CC)CCCCC#N.N#CCCc1ncc[nH]1. The van der Waals surface area contributed by atoms with Crippen molar-refractivity contribution in [1.82, 2.24) is 14.9 Å². The van der Waals surface area contributed by atoms with Gasteiger partial charge in [0.05, 0.1) is 12.1 Å². The topological polar surface area (TPSA) is 79.5 Å². The van der Waals surface area contributed by atoms with Crippen LogP contribution in [0.3, 0.4) is 0 Å². The molecule has 5 nitrogen and oxygen atoms in total. The van der Waals surface area contributed by atoms with E-state index in [4.69, 9.17) is 10.5 Å². The van der Waals surface area contributed by atoms with E-state index in [1.807, 2.05) is 6.07 Å². The Hall–Kier alpha value is -1.85. The molecule has 1 rings (SSSR count). The first-order chi connectivity index (χ1) is 9.78. The number of hydrogen-bond donors (Lipinski definition) is 1. The molecule has 1 aromatic heterocycles. The lowest BCUT2D eigenvalue weighted by molar-refractivity contribution is 0.297. The van der Waals surface area contributed by atoms with Crippen LogP contribution < -0.4 is 0 Å². The number of unbranched alkanes of at least 4 members (excludes halogenated alkanes) is 2. The van der Waals surface area contributed by atoms with Gasteiger partial charge in [-0.15, -0.1) is 0 Å². The lowest BCUT2D eigenvalue weighted by atomic mass is 10.2. The van der Waals surface area contributed by atoms with Crippen molar-refractivity contribution >= 4 is 0 Å². The number of H-pyrrole nitrogens is 1. The molecule has 0 fully saturated rings. The first-order valence-electron chi connectivity index (χ1n) is 7.22. The summed E-state index contributed by atoms with van der Waals surface area (Å²) in [6.45, 7) is 7.75. The fourth-order valence-electron chi connectivity index (χ4n) is 1.69. The van der Waals surface area contributed by atoms with Crippen LogP contribution >= 0.6 is 0 Å². The number of aromatic nitrogens is 2. The van der Waals surface area contributed by atoms with Gasteiger partial charge in [0.15, 0.2) is 0 Å². The van der Waals surface area contributed by atoms with Crippen molar-refractivity contribution in [1.29, 1.82) is 10.5 Å². The molecule has 1 aromatic rings. The summed E-state index contributed by atoms with van der Waals surface area (Å²) in [7, 11) is 0. The van der Waals surface area contributed by atoms with Crippen molar-refractivity contribution in [3.8, 4) is 12.1 Å². The van der Waals surface area contributed by atoms with Gasteiger partial charge >= 0.3 is 0 Å². The predicted molar refractivity (Wildman–Crippen MR) is 79.8 cm³/mol. The quantitative estimate of drug-likeness (QED) is 0.740. The number of hydrogen-bond acceptors (Lipinski definition) is 4. The van der Waals surface area contributed by atoms with Crippen LogP contribution in [0.15, 0.2) is 12.4 Å². The highest BCUT2D eigenvalue weighted by molar-refractivity contribution is 4.89. The fraction of sp³-hybridized carbons (Fsp3) is 0.667. The maximum Gasteiger partial charge on any atom is 0.107 e. The molecule has 0 saturated carbocycles. The Morgan fingerprint density at radius 1 is 1.15 bits per heavy atom. The second kappa shape index (κ2) is 13.6. The molecule has 0 aliphatic carbocycles.